The van der Waals surface area contributed by atoms with E-state index < -0.39 is 0 Å². The van der Waals surface area contributed by atoms with Crippen molar-refractivity contribution in [3.63, 3.8) is 0 Å². The lowest BCUT2D eigenvalue weighted by atomic mass is 10.1. The maximum atomic E-state index is 4.17. The van der Waals surface area contributed by atoms with Crippen LogP contribution in [0.1, 0.15) is 38.3 Å². The second-order valence-electron chi connectivity index (χ2n) is 4.61. The average molecular weight is 207 g/mol. The number of rotatable bonds is 6. The van der Waals surface area contributed by atoms with E-state index in [0.717, 1.165) is 12.5 Å². The molecule has 0 amide bonds. The van der Waals surface area contributed by atoms with Crippen molar-refractivity contribution in [2.24, 2.45) is 13.0 Å². The highest BCUT2D eigenvalue weighted by molar-refractivity contribution is 4.99. The van der Waals surface area contributed by atoms with Gasteiger partial charge in [-0.25, -0.2) is 0 Å². The van der Waals surface area contributed by atoms with Gasteiger partial charge in [-0.3, -0.25) is 4.68 Å². The Morgan fingerprint density at radius 1 is 1.60 bits per heavy atom. The summed E-state index contributed by atoms with van der Waals surface area (Å²) in [5, 5.41) is 7.79. The summed E-state index contributed by atoms with van der Waals surface area (Å²) in [7, 11) is 2.00. The van der Waals surface area contributed by atoms with E-state index in [0.29, 0.717) is 6.04 Å². The Morgan fingerprint density at radius 2 is 2.40 bits per heavy atom. The molecule has 0 aromatic carbocycles. The van der Waals surface area contributed by atoms with E-state index in [1.807, 2.05) is 17.9 Å². The topological polar surface area (TPSA) is 29.9 Å². The average Bonchev–Trinajstić information content (AvgIpc) is 2.96. The molecule has 1 N–H and O–H groups in total. The van der Waals surface area contributed by atoms with Crippen LogP contribution in [0.15, 0.2) is 12.3 Å². The highest BCUT2D eigenvalue weighted by atomic mass is 15.3. The van der Waals surface area contributed by atoms with Crippen LogP contribution < -0.4 is 5.32 Å². The lowest BCUT2D eigenvalue weighted by Crippen LogP contribution is -2.29. The zero-order chi connectivity index (χ0) is 10.7. The molecule has 1 aromatic rings. The SMILES string of the molecule is CCC(CC1CC1)NCc1ccnn1C. The summed E-state index contributed by atoms with van der Waals surface area (Å²) in [6.45, 7) is 3.21. The fraction of sp³-hybridized carbons (Fsp3) is 0.750. The fourth-order valence-corrected chi connectivity index (χ4v) is 1.97. The van der Waals surface area contributed by atoms with Gasteiger partial charge in [-0.2, -0.15) is 5.10 Å². The lowest BCUT2D eigenvalue weighted by molar-refractivity contribution is 0.437. The molecule has 1 aromatic heterocycles. The molecular weight excluding hydrogens is 186 g/mol. The van der Waals surface area contributed by atoms with Crippen molar-refractivity contribution in [1.82, 2.24) is 15.1 Å². The van der Waals surface area contributed by atoms with Gasteiger partial charge >= 0.3 is 0 Å². The Bertz CT molecular complexity index is 302. The van der Waals surface area contributed by atoms with Crippen LogP contribution >= 0.6 is 0 Å². The van der Waals surface area contributed by atoms with Gasteiger partial charge in [0.2, 0.25) is 0 Å². The molecule has 84 valence electrons. The molecular formula is C12H21N3. The van der Waals surface area contributed by atoms with E-state index >= 15 is 0 Å². The highest BCUT2D eigenvalue weighted by Crippen LogP contribution is 2.34. The summed E-state index contributed by atoms with van der Waals surface area (Å²) in [5.74, 6) is 1.01. The smallest absolute Gasteiger partial charge is 0.0518 e. The molecule has 3 heteroatoms. The molecule has 0 bridgehead atoms. The van der Waals surface area contributed by atoms with Gasteiger partial charge in [0, 0.05) is 25.8 Å². The molecule has 1 atom stereocenters. The first-order chi connectivity index (χ1) is 7.29. The van der Waals surface area contributed by atoms with Crippen molar-refractivity contribution in [2.45, 2.75) is 45.2 Å². The van der Waals surface area contributed by atoms with Crippen LogP contribution in [0.2, 0.25) is 0 Å². The predicted octanol–water partition coefficient (Wildman–Crippen LogP) is 2.09. The number of hydrogen-bond acceptors (Lipinski definition) is 2. The maximum Gasteiger partial charge on any atom is 0.0518 e. The van der Waals surface area contributed by atoms with E-state index in [2.05, 4.69) is 23.4 Å². The minimum atomic E-state index is 0.687. The molecule has 2 rings (SSSR count). The Labute approximate surface area is 91.9 Å². The van der Waals surface area contributed by atoms with Gasteiger partial charge in [0.1, 0.15) is 0 Å². The van der Waals surface area contributed by atoms with Gasteiger partial charge in [-0.15, -0.1) is 0 Å². The zero-order valence-corrected chi connectivity index (χ0v) is 9.74. The minimum Gasteiger partial charge on any atom is -0.308 e. The highest BCUT2D eigenvalue weighted by Gasteiger charge is 2.24. The van der Waals surface area contributed by atoms with Crippen LogP contribution in [0.5, 0.6) is 0 Å². The van der Waals surface area contributed by atoms with Crippen LogP contribution in [0.4, 0.5) is 0 Å². The van der Waals surface area contributed by atoms with E-state index in [1.165, 1.54) is 31.4 Å². The van der Waals surface area contributed by atoms with E-state index in [4.69, 9.17) is 0 Å². The molecule has 0 radical (unpaired) electrons. The first-order valence-corrected chi connectivity index (χ1v) is 6.00. The van der Waals surface area contributed by atoms with Gasteiger partial charge in [0.15, 0.2) is 0 Å². The molecule has 0 aliphatic heterocycles. The van der Waals surface area contributed by atoms with Gasteiger partial charge in [0.05, 0.1) is 5.69 Å². The summed E-state index contributed by atoms with van der Waals surface area (Å²) < 4.78 is 1.94. The monoisotopic (exact) mass is 207 g/mol. The predicted molar refractivity (Wildman–Crippen MR) is 61.5 cm³/mol. The minimum absolute atomic E-state index is 0.687. The van der Waals surface area contributed by atoms with Gasteiger partial charge < -0.3 is 5.32 Å². The Balaban J connectivity index is 1.77. The normalized spacial score (nSPS) is 18.0. The van der Waals surface area contributed by atoms with Crippen molar-refractivity contribution >= 4 is 0 Å². The summed E-state index contributed by atoms with van der Waals surface area (Å²) >= 11 is 0. The first-order valence-electron chi connectivity index (χ1n) is 6.00. The molecule has 1 fully saturated rings. The summed E-state index contributed by atoms with van der Waals surface area (Å²) in [6.07, 6.45) is 7.34. The van der Waals surface area contributed by atoms with Crippen molar-refractivity contribution in [1.29, 1.82) is 0 Å². The van der Waals surface area contributed by atoms with Gasteiger partial charge in [-0.1, -0.05) is 19.8 Å². The standard InChI is InChI=1S/C12H21N3/c1-3-11(8-10-4-5-10)13-9-12-6-7-14-15(12)2/h6-7,10-11,13H,3-5,8-9H2,1-2H3. The summed E-state index contributed by atoms with van der Waals surface area (Å²) in [4.78, 5) is 0. The molecule has 15 heavy (non-hydrogen) atoms. The van der Waals surface area contributed by atoms with Gasteiger partial charge in [-0.05, 0) is 24.8 Å². The van der Waals surface area contributed by atoms with Crippen molar-refractivity contribution in [3.8, 4) is 0 Å². The Hall–Kier alpha value is -0.830. The second-order valence-corrected chi connectivity index (χ2v) is 4.61. The number of hydrogen-bond donors (Lipinski definition) is 1. The van der Waals surface area contributed by atoms with E-state index in [1.54, 1.807) is 0 Å². The fourth-order valence-electron chi connectivity index (χ4n) is 1.97. The van der Waals surface area contributed by atoms with Crippen molar-refractivity contribution < 1.29 is 0 Å². The first kappa shape index (κ1) is 10.7. The molecule has 1 aliphatic carbocycles. The van der Waals surface area contributed by atoms with E-state index in [9.17, 15) is 0 Å². The van der Waals surface area contributed by atoms with Crippen LogP contribution in [-0.2, 0) is 13.6 Å². The third-order valence-electron chi connectivity index (χ3n) is 3.30. The maximum absolute atomic E-state index is 4.17. The number of nitrogens with zero attached hydrogens (tertiary/aromatic N) is 2. The number of aromatic nitrogens is 2. The van der Waals surface area contributed by atoms with Crippen LogP contribution in [0, 0.1) is 5.92 Å². The van der Waals surface area contributed by atoms with Crippen LogP contribution in [-0.4, -0.2) is 15.8 Å². The van der Waals surface area contributed by atoms with E-state index in [-0.39, 0.29) is 0 Å². The molecule has 1 unspecified atom stereocenters. The molecule has 1 saturated carbocycles. The molecule has 0 saturated heterocycles. The molecule has 3 nitrogen and oxygen atoms in total. The zero-order valence-electron chi connectivity index (χ0n) is 9.74. The Kier molecular flexibility index (Phi) is 3.41. The third-order valence-corrected chi connectivity index (χ3v) is 3.30. The van der Waals surface area contributed by atoms with Crippen molar-refractivity contribution in [3.05, 3.63) is 18.0 Å². The lowest BCUT2D eigenvalue weighted by Gasteiger charge is -2.16. The van der Waals surface area contributed by atoms with Crippen LogP contribution in [0.3, 0.4) is 0 Å². The van der Waals surface area contributed by atoms with Crippen molar-refractivity contribution in [2.75, 3.05) is 0 Å². The quantitative estimate of drug-likeness (QED) is 0.774. The second kappa shape index (κ2) is 4.79. The molecule has 0 spiro atoms. The third kappa shape index (κ3) is 3.06. The Morgan fingerprint density at radius 3 is 2.93 bits per heavy atom. The van der Waals surface area contributed by atoms with Gasteiger partial charge in [0.25, 0.3) is 0 Å². The molecule has 1 heterocycles. The summed E-state index contributed by atoms with van der Waals surface area (Å²) in [5.41, 5.74) is 1.27. The largest absolute Gasteiger partial charge is 0.308 e. The summed E-state index contributed by atoms with van der Waals surface area (Å²) in [6, 6.07) is 2.77. The number of nitrogens with one attached hydrogen (secondary N) is 1. The van der Waals surface area contributed by atoms with Crippen LogP contribution in [0.25, 0.3) is 0 Å². The molecule has 1 aliphatic rings. The number of aryl methyl sites for hydroxylation is 1.